The van der Waals surface area contributed by atoms with Gasteiger partial charge in [0.05, 0.1) is 17.9 Å². The van der Waals surface area contributed by atoms with Crippen molar-refractivity contribution < 1.29 is 14.3 Å². The number of hydrogen-bond acceptors (Lipinski definition) is 7. The Morgan fingerprint density at radius 2 is 2.06 bits per heavy atom. The van der Waals surface area contributed by atoms with Crippen LogP contribution >= 0.6 is 11.3 Å². The van der Waals surface area contributed by atoms with Crippen molar-refractivity contribution in [2.45, 2.75) is 59.2 Å². The fourth-order valence-corrected chi connectivity index (χ4v) is 4.48. The van der Waals surface area contributed by atoms with Crippen LogP contribution in [0.4, 0.5) is 10.5 Å². The molecule has 2 amide bonds. The molecule has 0 aromatic carbocycles. The number of nitrogens with one attached hydrogen (secondary N) is 1. The predicted octanol–water partition coefficient (Wildman–Crippen LogP) is 3.34. The summed E-state index contributed by atoms with van der Waals surface area (Å²) in [4.78, 5) is 37.2. The Morgan fingerprint density at radius 1 is 1.29 bits per heavy atom. The highest BCUT2D eigenvalue weighted by atomic mass is 32.1. The third kappa shape index (κ3) is 6.69. The van der Waals surface area contributed by atoms with E-state index in [4.69, 9.17) is 10.5 Å². The zero-order valence-corrected chi connectivity index (χ0v) is 21.3. The Balaban J connectivity index is 1.70. The SMILES string of the molecule is BC1=C(C(=O)N(CCC)Cc2ccc(CNC(=O)OC(C)(C)C)nc2)CC(N)=Nc2ccsc21. The number of amides is 2. The Bertz CT molecular complexity index is 1100. The largest absolute Gasteiger partial charge is 0.444 e. The third-order valence-electron chi connectivity index (χ3n) is 5.17. The molecule has 1 aliphatic rings. The van der Waals surface area contributed by atoms with Gasteiger partial charge < -0.3 is 20.7 Å². The molecule has 0 bridgehead atoms. The van der Waals surface area contributed by atoms with Crippen molar-refractivity contribution in [2.24, 2.45) is 10.7 Å². The number of thiophene rings is 1. The second kappa shape index (κ2) is 10.9. The van der Waals surface area contributed by atoms with Gasteiger partial charge in [-0.3, -0.25) is 9.78 Å². The van der Waals surface area contributed by atoms with E-state index in [-0.39, 0.29) is 12.5 Å². The molecule has 0 aliphatic carbocycles. The molecule has 0 spiro atoms. The normalized spacial score (nSPS) is 13.6. The minimum Gasteiger partial charge on any atom is -0.444 e. The fourth-order valence-electron chi connectivity index (χ4n) is 3.62. The van der Waals surface area contributed by atoms with E-state index in [9.17, 15) is 9.59 Å². The van der Waals surface area contributed by atoms with Gasteiger partial charge in [-0.1, -0.05) is 18.5 Å². The summed E-state index contributed by atoms with van der Waals surface area (Å²) in [6.45, 7) is 8.81. The first-order chi connectivity index (χ1) is 16.1. The van der Waals surface area contributed by atoms with E-state index in [1.165, 1.54) is 0 Å². The van der Waals surface area contributed by atoms with E-state index in [2.05, 4.69) is 15.3 Å². The number of rotatable bonds is 7. The van der Waals surface area contributed by atoms with Crippen LogP contribution < -0.4 is 11.1 Å². The molecule has 34 heavy (non-hydrogen) atoms. The maximum Gasteiger partial charge on any atom is 0.407 e. The molecule has 3 rings (SSSR count). The first-order valence-electron chi connectivity index (χ1n) is 11.4. The quantitative estimate of drug-likeness (QED) is 0.590. The van der Waals surface area contributed by atoms with Gasteiger partial charge in [-0.15, -0.1) is 11.3 Å². The van der Waals surface area contributed by atoms with E-state index in [0.717, 1.165) is 28.0 Å². The fraction of sp³-hybridized carbons (Fsp3) is 0.417. The van der Waals surface area contributed by atoms with Crippen LogP contribution in [0.2, 0.25) is 0 Å². The Labute approximate surface area is 205 Å². The number of nitrogens with two attached hydrogens (primary N) is 1. The molecule has 0 unspecified atom stereocenters. The number of pyridine rings is 1. The van der Waals surface area contributed by atoms with Crippen molar-refractivity contribution in [3.05, 3.63) is 51.5 Å². The molecule has 8 nitrogen and oxygen atoms in total. The van der Waals surface area contributed by atoms with E-state index >= 15 is 0 Å². The van der Waals surface area contributed by atoms with Crippen LogP contribution in [-0.2, 0) is 22.6 Å². The lowest BCUT2D eigenvalue weighted by atomic mass is 9.86. The summed E-state index contributed by atoms with van der Waals surface area (Å²) in [6, 6.07) is 5.70. The molecule has 10 heteroatoms. The number of ether oxygens (including phenoxy) is 1. The highest BCUT2D eigenvalue weighted by Crippen LogP contribution is 2.36. The molecular formula is C24H32BN5O3S. The van der Waals surface area contributed by atoms with Crippen molar-refractivity contribution in [1.29, 1.82) is 0 Å². The second-order valence-corrected chi connectivity index (χ2v) is 10.2. The van der Waals surface area contributed by atoms with Gasteiger partial charge in [0.25, 0.3) is 0 Å². The zero-order valence-electron chi connectivity index (χ0n) is 20.5. The predicted molar refractivity (Wildman–Crippen MR) is 139 cm³/mol. The molecule has 3 heterocycles. The van der Waals surface area contributed by atoms with Gasteiger partial charge in [0.15, 0.2) is 0 Å². The zero-order chi connectivity index (χ0) is 24.9. The summed E-state index contributed by atoms with van der Waals surface area (Å²) in [6.07, 6.45) is 2.42. The molecule has 0 saturated carbocycles. The monoisotopic (exact) mass is 481 g/mol. The summed E-state index contributed by atoms with van der Waals surface area (Å²) in [7, 11) is 1.97. The summed E-state index contributed by atoms with van der Waals surface area (Å²) in [5.41, 5.74) is 9.63. The number of aromatic nitrogens is 1. The first kappa shape index (κ1) is 25.5. The van der Waals surface area contributed by atoms with Crippen LogP contribution in [0.15, 0.2) is 40.3 Å². The number of carbonyl (C=O) groups is 2. The number of alkyl carbamates (subject to hydrolysis) is 1. The van der Waals surface area contributed by atoms with E-state index in [1.54, 1.807) is 17.5 Å². The smallest absolute Gasteiger partial charge is 0.407 e. The van der Waals surface area contributed by atoms with Gasteiger partial charge in [-0.25, -0.2) is 9.79 Å². The van der Waals surface area contributed by atoms with Gasteiger partial charge in [-0.05, 0) is 50.3 Å². The number of fused-ring (bicyclic) bond motifs is 1. The summed E-state index contributed by atoms with van der Waals surface area (Å²) >= 11 is 1.57. The lowest BCUT2D eigenvalue weighted by Crippen LogP contribution is -2.34. The van der Waals surface area contributed by atoms with Crippen LogP contribution in [0.25, 0.3) is 5.47 Å². The van der Waals surface area contributed by atoms with Crippen LogP contribution in [0, 0.1) is 0 Å². The standard InChI is InChI=1S/C24H32BN5O3S/c1-5-9-30(22(31)17-11-19(26)29-18-8-10-34-21(18)20(17)25)14-15-6-7-16(27-12-15)13-28-23(32)33-24(2,3)4/h6-8,10,12H,5,9,11,13-14,25H2,1-4H3,(H2,26,29)(H,28,32). The molecule has 3 N–H and O–H groups in total. The minimum absolute atomic E-state index is 0.0329. The summed E-state index contributed by atoms with van der Waals surface area (Å²) in [5.74, 6) is 0.411. The number of carbonyl (C=O) groups excluding carboxylic acids is 2. The van der Waals surface area contributed by atoms with E-state index < -0.39 is 11.7 Å². The molecule has 0 fully saturated rings. The average Bonchev–Trinajstić information content (AvgIpc) is 3.18. The van der Waals surface area contributed by atoms with Crippen molar-refractivity contribution in [3.63, 3.8) is 0 Å². The topological polar surface area (TPSA) is 110 Å². The van der Waals surface area contributed by atoms with E-state index in [1.807, 2.05) is 64.0 Å². The van der Waals surface area contributed by atoms with Crippen LogP contribution in [0.3, 0.4) is 0 Å². The van der Waals surface area contributed by atoms with Gasteiger partial charge >= 0.3 is 6.09 Å². The minimum atomic E-state index is -0.552. The Kier molecular flexibility index (Phi) is 8.14. The van der Waals surface area contributed by atoms with Crippen molar-refractivity contribution in [2.75, 3.05) is 6.54 Å². The van der Waals surface area contributed by atoms with Gasteiger partial charge in [0.2, 0.25) is 5.91 Å². The molecule has 180 valence electrons. The number of nitrogens with zero attached hydrogens (tertiary/aromatic N) is 3. The van der Waals surface area contributed by atoms with Crippen molar-refractivity contribution in [3.8, 4) is 0 Å². The lowest BCUT2D eigenvalue weighted by Gasteiger charge is -2.24. The van der Waals surface area contributed by atoms with Gasteiger partial charge in [-0.2, -0.15) is 0 Å². The Hall–Kier alpha value is -3.14. The second-order valence-electron chi connectivity index (χ2n) is 9.26. The van der Waals surface area contributed by atoms with Crippen molar-refractivity contribution in [1.82, 2.24) is 15.2 Å². The first-order valence-corrected chi connectivity index (χ1v) is 12.3. The highest BCUT2D eigenvalue weighted by molar-refractivity contribution is 7.12. The summed E-state index contributed by atoms with van der Waals surface area (Å²) < 4.78 is 5.25. The average molecular weight is 481 g/mol. The molecule has 0 radical (unpaired) electrons. The summed E-state index contributed by atoms with van der Waals surface area (Å²) in [5, 5.41) is 4.67. The lowest BCUT2D eigenvalue weighted by molar-refractivity contribution is -0.127. The van der Waals surface area contributed by atoms with Gasteiger partial charge in [0.1, 0.15) is 19.3 Å². The van der Waals surface area contributed by atoms with Crippen LogP contribution in [0.5, 0.6) is 0 Å². The molecule has 0 atom stereocenters. The molecule has 0 saturated heterocycles. The molecular weight excluding hydrogens is 449 g/mol. The van der Waals surface area contributed by atoms with Gasteiger partial charge in [0, 0.05) is 36.2 Å². The molecule has 2 aromatic rings. The molecule has 1 aliphatic heterocycles. The number of hydrogen-bond donors (Lipinski definition) is 2. The van der Waals surface area contributed by atoms with Crippen LogP contribution in [-0.4, -0.2) is 47.7 Å². The highest BCUT2D eigenvalue weighted by Gasteiger charge is 2.25. The number of aliphatic imine (C=N–C) groups is 1. The number of amidine groups is 1. The van der Waals surface area contributed by atoms with Crippen LogP contribution in [0.1, 0.15) is 56.7 Å². The van der Waals surface area contributed by atoms with E-state index in [0.29, 0.717) is 36.6 Å². The third-order valence-corrected chi connectivity index (χ3v) is 6.19. The Morgan fingerprint density at radius 3 is 2.71 bits per heavy atom. The molecule has 2 aromatic heterocycles. The van der Waals surface area contributed by atoms with Crippen molar-refractivity contribution >= 4 is 48.2 Å². The maximum atomic E-state index is 13.6. The maximum absolute atomic E-state index is 13.6.